The molecule has 0 aromatic rings. The minimum atomic E-state index is -0.886. The zero-order valence-corrected chi connectivity index (χ0v) is 11.2. The Balaban J connectivity index is 5.48. The van der Waals surface area contributed by atoms with E-state index in [-0.39, 0.29) is 11.2 Å². The van der Waals surface area contributed by atoms with Gasteiger partial charge in [-0.15, -0.1) is 0 Å². The van der Waals surface area contributed by atoms with Crippen LogP contribution in [-0.4, -0.2) is 16.2 Å². The molecule has 2 unspecified atom stereocenters. The van der Waals surface area contributed by atoms with Gasteiger partial charge in [0.15, 0.2) is 0 Å². The van der Waals surface area contributed by atoms with Gasteiger partial charge in [-0.3, -0.25) is 4.79 Å². The van der Waals surface area contributed by atoms with Crippen molar-refractivity contribution in [2.45, 2.75) is 41.5 Å². The molecular weight excluding hydrogens is 204 g/mol. The van der Waals surface area contributed by atoms with Crippen molar-refractivity contribution in [2.75, 3.05) is 0 Å². The molecule has 0 saturated carbocycles. The van der Waals surface area contributed by atoms with Crippen LogP contribution < -0.4 is 0 Å². The van der Waals surface area contributed by atoms with Crippen LogP contribution in [0.15, 0.2) is 12.3 Å². The van der Waals surface area contributed by atoms with E-state index in [1.165, 1.54) is 0 Å². The van der Waals surface area contributed by atoms with Crippen molar-refractivity contribution in [2.24, 2.45) is 22.7 Å². The van der Waals surface area contributed by atoms with Crippen LogP contribution in [0.1, 0.15) is 41.5 Å². The molecule has 0 aliphatic rings. The van der Waals surface area contributed by atoms with Crippen molar-refractivity contribution < 1.29 is 15.0 Å². The van der Waals surface area contributed by atoms with E-state index in [0.717, 1.165) is 0 Å². The average molecular weight is 228 g/mol. The lowest BCUT2D eigenvalue weighted by atomic mass is 9.63. The fraction of sp³-hybridized carbons (Fsp3) is 0.769. The van der Waals surface area contributed by atoms with Gasteiger partial charge in [0.25, 0.3) is 0 Å². The summed E-state index contributed by atoms with van der Waals surface area (Å²) in [5.74, 6) is -2.03. The molecule has 94 valence electrons. The maximum absolute atomic E-state index is 11.4. The van der Waals surface area contributed by atoms with Gasteiger partial charge in [0.1, 0.15) is 0 Å². The molecule has 0 heterocycles. The zero-order valence-electron chi connectivity index (χ0n) is 11.2. The second-order valence-electron chi connectivity index (χ2n) is 6.52. The van der Waals surface area contributed by atoms with E-state index >= 15 is 0 Å². The number of allylic oxidation sites excluding steroid dienone is 1. The Morgan fingerprint density at radius 2 is 1.25 bits per heavy atom. The van der Waals surface area contributed by atoms with Crippen molar-refractivity contribution in [1.82, 2.24) is 0 Å². The predicted molar refractivity (Wildman–Crippen MR) is 65.3 cm³/mol. The highest BCUT2D eigenvalue weighted by Gasteiger charge is 2.44. The number of hydrogen-bond acceptors (Lipinski definition) is 2. The van der Waals surface area contributed by atoms with Crippen LogP contribution in [0.3, 0.4) is 0 Å². The van der Waals surface area contributed by atoms with Crippen LogP contribution in [0.2, 0.25) is 0 Å². The molecule has 0 bridgehead atoms. The standard InChI is InChI=1S/C13H24O3/c1-8(14)9(12(2,3)4)10(11(15)16)13(5,6)7/h9-10,14H,1H2,2-7H3,(H,15,16). The van der Waals surface area contributed by atoms with Crippen LogP contribution in [0.4, 0.5) is 0 Å². The minimum Gasteiger partial charge on any atom is -0.513 e. The fourth-order valence-corrected chi connectivity index (χ4v) is 2.21. The third-order valence-corrected chi connectivity index (χ3v) is 2.82. The molecule has 0 amide bonds. The van der Waals surface area contributed by atoms with Crippen molar-refractivity contribution in [3.8, 4) is 0 Å². The highest BCUT2D eigenvalue weighted by Crippen LogP contribution is 2.44. The maximum Gasteiger partial charge on any atom is 0.307 e. The molecule has 0 aliphatic carbocycles. The van der Waals surface area contributed by atoms with Crippen molar-refractivity contribution in [3.05, 3.63) is 12.3 Å². The van der Waals surface area contributed by atoms with Gasteiger partial charge in [-0.1, -0.05) is 48.1 Å². The van der Waals surface area contributed by atoms with Crippen LogP contribution >= 0.6 is 0 Å². The first-order valence-electron chi connectivity index (χ1n) is 5.49. The number of aliphatic hydroxyl groups is 1. The number of carboxylic acid groups (broad SMARTS) is 1. The van der Waals surface area contributed by atoms with Gasteiger partial charge in [0.2, 0.25) is 0 Å². The lowest BCUT2D eigenvalue weighted by Gasteiger charge is -2.40. The highest BCUT2D eigenvalue weighted by molar-refractivity contribution is 5.72. The van der Waals surface area contributed by atoms with Crippen molar-refractivity contribution >= 4 is 5.97 Å². The molecule has 16 heavy (non-hydrogen) atoms. The maximum atomic E-state index is 11.4. The van der Waals surface area contributed by atoms with E-state index in [0.29, 0.717) is 0 Å². The molecular formula is C13H24O3. The molecule has 0 aromatic heterocycles. The number of rotatable bonds is 3. The summed E-state index contributed by atoms with van der Waals surface area (Å²) < 4.78 is 0. The van der Waals surface area contributed by atoms with Crippen molar-refractivity contribution in [3.63, 3.8) is 0 Å². The van der Waals surface area contributed by atoms with Crippen LogP contribution in [-0.2, 0) is 4.79 Å². The van der Waals surface area contributed by atoms with Crippen LogP contribution in [0.5, 0.6) is 0 Å². The van der Waals surface area contributed by atoms with E-state index < -0.39 is 23.2 Å². The molecule has 0 fully saturated rings. The highest BCUT2D eigenvalue weighted by atomic mass is 16.4. The number of carbonyl (C=O) groups is 1. The molecule has 2 atom stereocenters. The number of aliphatic hydroxyl groups excluding tert-OH is 1. The topological polar surface area (TPSA) is 57.5 Å². The summed E-state index contributed by atoms with van der Waals surface area (Å²) in [6.07, 6.45) is 0. The first-order chi connectivity index (χ1) is 6.89. The Bertz CT molecular complexity index is 249. The van der Waals surface area contributed by atoms with Gasteiger partial charge in [-0.25, -0.2) is 0 Å². The van der Waals surface area contributed by atoms with Gasteiger partial charge in [-0.05, 0) is 10.8 Å². The summed E-state index contributed by atoms with van der Waals surface area (Å²) in [5, 5.41) is 19.0. The summed E-state index contributed by atoms with van der Waals surface area (Å²) in [6.45, 7) is 14.9. The first-order valence-corrected chi connectivity index (χ1v) is 5.49. The smallest absolute Gasteiger partial charge is 0.307 e. The monoisotopic (exact) mass is 228 g/mol. The van der Waals surface area contributed by atoms with Crippen LogP contribution in [0.25, 0.3) is 0 Å². The Labute approximate surface area is 98.2 Å². The fourth-order valence-electron chi connectivity index (χ4n) is 2.21. The second-order valence-corrected chi connectivity index (χ2v) is 6.52. The molecule has 0 aromatic carbocycles. The molecule has 0 radical (unpaired) electrons. The second kappa shape index (κ2) is 4.48. The zero-order chi connectivity index (χ0) is 13.3. The Kier molecular flexibility index (Phi) is 4.20. The minimum absolute atomic E-state index is 0.0465. The van der Waals surface area contributed by atoms with Gasteiger partial charge < -0.3 is 10.2 Å². The SMILES string of the molecule is C=C(O)C(C(C(=O)O)C(C)(C)C)C(C)(C)C. The molecule has 0 rings (SSSR count). The lowest BCUT2D eigenvalue weighted by Crippen LogP contribution is -2.41. The normalized spacial score (nSPS) is 16.6. The molecule has 0 aliphatic heterocycles. The Hall–Kier alpha value is -0.990. The molecule has 0 spiro atoms. The van der Waals surface area contributed by atoms with Gasteiger partial charge in [0, 0.05) is 5.92 Å². The average Bonchev–Trinajstić information content (AvgIpc) is 1.92. The summed E-state index contributed by atoms with van der Waals surface area (Å²) in [7, 11) is 0. The summed E-state index contributed by atoms with van der Waals surface area (Å²) >= 11 is 0. The third kappa shape index (κ3) is 3.54. The Morgan fingerprint density at radius 3 is 1.31 bits per heavy atom. The van der Waals surface area contributed by atoms with E-state index in [9.17, 15) is 15.0 Å². The molecule has 0 saturated heterocycles. The van der Waals surface area contributed by atoms with Gasteiger partial charge in [-0.2, -0.15) is 0 Å². The van der Waals surface area contributed by atoms with E-state index in [4.69, 9.17) is 0 Å². The molecule has 3 nitrogen and oxygen atoms in total. The van der Waals surface area contributed by atoms with E-state index in [1.54, 1.807) is 0 Å². The van der Waals surface area contributed by atoms with E-state index in [1.807, 2.05) is 41.5 Å². The number of aliphatic carboxylic acids is 1. The quantitative estimate of drug-likeness (QED) is 0.727. The molecule has 2 N–H and O–H groups in total. The first kappa shape index (κ1) is 15.0. The molecule has 3 heteroatoms. The van der Waals surface area contributed by atoms with Gasteiger partial charge >= 0.3 is 5.97 Å². The van der Waals surface area contributed by atoms with Crippen LogP contribution in [0, 0.1) is 22.7 Å². The van der Waals surface area contributed by atoms with Gasteiger partial charge in [0.05, 0.1) is 11.7 Å². The summed E-state index contributed by atoms with van der Waals surface area (Å²) in [5.41, 5.74) is -0.752. The Morgan fingerprint density at radius 1 is 0.938 bits per heavy atom. The predicted octanol–water partition coefficient (Wildman–Crippen LogP) is 3.47. The van der Waals surface area contributed by atoms with E-state index in [2.05, 4.69) is 6.58 Å². The number of carboxylic acids is 1. The summed E-state index contributed by atoms with van der Waals surface area (Å²) in [6, 6.07) is 0. The number of hydrogen-bond donors (Lipinski definition) is 2. The summed E-state index contributed by atoms with van der Waals surface area (Å²) in [4.78, 5) is 11.4. The lowest BCUT2D eigenvalue weighted by molar-refractivity contribution is -0.150. The van der Waals surface area contributed by atoms with Crippen molar-refractivity contribution in [1.29, 1.82) is 0 Å². The largest absolute Gasteiger partial charge is 0.513 e. The third-order valence-electron chi connectivity index (χ3n) is 2.82.